The van der Waals surface area contributed by atoms with Crippen LogP contribution in [0, 0.1) is 0 Å². The molecule has 124 valence electrons. The second kappa shape index (κ2) is 7.01. The zero-order valence-electron chi connectivity index (χ0n) is 12.4. The topological polar surface area (TPSA) is 58.2 Å². The number of carbonyl (C=O) groups excluding carboxylic acids is 2. The quantitative estimate of drug-likeness (QED) is 0.822. The zero-order chi connectivity index (χ0) is 17.3. The average molecular weight is 384 g/mol. The minimum Gasteiger partial charge on any atom is -0.340 e. The number of amides is 2. The van der Waals surface area contributed by atoms with Crippen molar-refractivity contribution in [2.24, 2.45) is 0 Å². The first-order chi connectivity index (χ1) is 11.5. The number of carbonyl (C=O) groups is 2. The lowest BCUT2D eigenvalue weighted by molar-refractivity contribution is -0.126. The number of fused-ring (bicyclic) bond motifs is 1. The molecular formula is C17H13Cl3N2O2. The predicted molar refractivity (Wildman–Crippen MR) is 95.7 cm³/mol. The zero-order valence-corrected chi connectivity index (χ0v) is 14.7. The van der Waals surface area contributed by atoms with Crippen LogP contribution in [0.1, 0.15) is 23.6 Å². The summed E-state index contributed by atoms with van der Waals surface area (Å²) in [6, 6.07) is 9.86. The van der Waals surface area contributed by atoms with Crippen molar-refractivity contribution in [2.45, 2.75) is 18.9 Å². The number of rotatable bonds is 4. The summed E-state index contributed by atoms with van der Waals surface area (Å²) in [5.41, 5.74) is 1.95. The third kappa shape index (κ3) is 3.36. The van der Waals surface area contributed by atoms with E-state index in [-0.39, 0.29) is 23.3 Å². The van der Waals surface area contributed by atoms with Crippen molar-refractivity contribution in [2.75, 3.05) is 5.32 Å². The molecule has 0 fully saturated rings. The Morgan fingerprint density at radius 3 is 2.58 bits per heavy atom. The highest BCUT2D eigenvalue weighted by Crippen LogP contribution is 2.40. The molecule has 0 radical (unpaired) electrons. The number of anilines is 1. The number of hydrogen-bond donors (Lipinski definition) is 2. The molecule has 0 bridgehead atoms. The van der Waals surface area contributed by atoms with Gasteiger partial charge in [0.2, 0.25) is 5.91 Å². The molecular weight excluding hydrogens is 371 g/mol. The van der Waals surface area contributed by atoms with Gasteiger partial charge in [0, 0.05) is 17.0 Å². The van der Waals surface area contributed by atoms with E-state index >= 15 is 0 Å². The van der Waals surface area contributed by atoms with Gasteiger partial charge in [-0.1, -0.05) is 59.1 Å². The molecule has 0 aliphatic carbocycles. The Kier molecular flexibility index (Phi) is 4.99. The normalized spacial score (nSPS) is 15.8. The van der Waals surface area contributed by atoms with Crippen LogP contribution >= 0.6 is 34.8 Å². The van der Waals surface area contributed by atoms with Crippen LogP contribution in [0.2, 0.25) is 15.1 Å². The van der Waals surface area contributed by atoms with Gasteiger partial charge in [0.1, 0.15) is 6.04 Å². The van der Waals surface area contributed by atoms with E-state index in [0.717, 1.165) is 5.56 Å². The Morgan fingerprint density at radius 2 is 1.83 bits per heavy atom. The number of aryl methyl sites for hydroxylation is 1. The van der Waals surface area contributed by atoms with E-state index in [1.165, 1.54) is 0 Å². The first kappa shape index (κ1) is 17.1. The highest BCUT2D eigenvalue weighted by molar-refractivity contribution is 6.44. The van der Waals surface area contributed by atoms with Crippen molar-refractivity contribution in [1.29, 1.82) is 0 Å². The molecule has 1 atom stereocenters. The maximum absolute atomic E-state index is 12.2. The molecule has 4 nitrogen and oxygen atoms in total. The van der Waals surface area contributed by atoms with Gasteiger partial charge in [0.05, 0.1) is 15.7 Å². The van der Waals surface area contributed by atoms with E-state index in [9.17, 15) is 9.59 Å². The fourth-order valence-electron chi connectivity index (χ4n) is 2.60. The molecule has 1 aliphatic rings. The first-order valence-electron chi connectivity index (χ1n) is 7.29. The molecule has 24 heavy (non-hydrogen) atoms. The predicted octanol–water partition coefficient (Wildman–Crippen LogP) is 4.39. The molecule has 2 aromatic rings. The van der Waals surface area contributed by atoms with Gasteiger partial charge in [0.25, 0.3) is 5.91 Å². The Morgan fingerprint density at radius 1 is 1.08 bits per heavy atom. The molecule has 2 amide bonds. The lowest BCUT2D eigenvalue weighted by Gasteiger charge is -2.12. The van der Waals surface area contributed by atoms with Gasteiger partial charge >= 0.3 is 0 Å². The second-order valence-electron chi connectivity index (χ2n) is 5.41. The second-order valence-corrected chi connectivity index (χ2v) is 6.60. The van der Waals surface area contributed by atoms with E-state index in [1.807, 2.05) is 18.2 Å². The van der Waals surface area contributed by atoms with Crippen molar-refractivity contribution in [3.8, 4) is 0 Å². The highest BCUT2D eigenvalue weighted by Gasteiger charge is 2.33. The number of nitrogens with one attached hydrogen (secondary N) is 2. The summed E-state index contributed by atoms with van der Waals surface area (Å²) in [5.74, 6) is -0.575. The van der Waals surface area contributed by atoms with Crippen LogP contribution in [0.25, 0.3) is 0 Å². The molecule has 3 rings (SSSR count). The van der Waals surface area contributed by atoms with Crippen molar-refractivity contribution >= 4 is 52.3 Å². The van der Waals surface area contributed by atoms with E-state index in [4.69, 9.17) is 34.8 Å². The third-order valence-corrected chi connectivity index (χ3v) is 5.01. The summed E-state index contributed by atoms with van der Waals surface area (Å²) in [7, 11) is 0. The Labute approximate surface area is 154 Å². The van der Waals surface area contributed by atoms with Crippen LogP contribution < -0.4 is 10.6 Å². The Bertz CT molecular complexity index is 823. The largest absolute Gasteiger partial charge is 0.340 e. The summed E-state index contributed by atoms with van der Waals surface area (Å²) in [6.45, 7) is 0. The van der Waals surface area contributed by atoms with Crippen molar-refractivity contribution in [3.05, 3.63) is 62.6 Å². The van der Waals surface area contributed by atoms with Gasteiger partial charge in [0.15, 0.2) is 0 Å². The molecule has 0 saturated heterocycles. The number of benzene rings is 2. The minimum atomic E-state index is -0.770. The molecule has 2 aromatic carbocycles. The summed E-state index contributed by atoms with van der Waals surface area (Å²) >= 11 is 18.1. The summed E-state index contributed by atoms with van der Waals surface area (Å²) < 4.78 is 0. The Hall–Kier alpha value is -1.75. The molecule has 0 spiro atoms. The lowest BCUT2D eigenvalue weighted by atomic mass is 10.1. The van der Waals surface area contributed by atoms with Crippen molar-refractivity contribution in [1.82, 2.24) is 5.32 Å². The first-order valence-corrected chi connectivity index (χ1v) is 8.42. The van der Waals surface area contributed by atoms with E-state index in [2.05, 4.69) is 10.6 Å². The van der Waals surface area contributed by atoms with Crippen molar-refractivity contribution < 1.29 is 9.59 Å². The summed E-state index contributed by atoms with van der Waals surface area (Å²) in [4.78, 5) is 24.3. The maximum Gasteiger partial charge on any atom is 0.251 e. The minimum absolute atomic E-state index is 0.226. The van der Waals surface area contributed by atoms with Crippen LogP contribution in [0.15, 0.2) is 36.4 Å². The smallest absolute Gasteiger partial charge is 0.251 e. The third-order valence-electron chi connectivity index (χ3n) is 3.83. The van der Waals surface area contributed by atoms with Gasteiger partial charge < -0.3 is 10.6 Å². The molecule has 2 N–H and O–H groups in total. The van der Waals surface area contributed by atoms with Gasteiger partial charge in [-0.05, 0) is 24.1 Å². The van der Waals surface area contributed by atoms with Crippen molar-refractivity contribution in [3.63, 3.8) is 0 Å². The molecule has 1 aliphatic heterocycles. The monoisotopic (exact) mass is 382 g/mol. The number of hydrogen-bond acceptors (Lipinski definition) is 2. The average Bonchev–Trinajstić information content (AvgIpc) is 2.87. The van der Waals surface area contributed by atoms with Gasteiger partial charge in [-0.3, -0.25) is 9.59 Å². The van der Waals surface area contributed by atoms with Crippen LogP contribution in [0.5, 0.6) is 0 Å². The molecule has 0 saturated carbocycles. The van der Waals surface area contributed by atoms with Crippen LogP contribution in [0.4, 0.5) is 5.69 Å². The molecule has 1 unspecified atom stereocenters. The summed E-state index contributed by atoms with van der Waals surface area (Å²) in [5, 5.41) is 6.62. The molecule has 7 heteroatoms. The van der Waals surface area contributed by atoms with Gasteiger partial charge in [-0.15, -0.1) is 0 Å². The van der Waals surface area contributed by atoms with E-state index in [1.54, 1.807) is 18.2 Å². The molecule has 1 heterocycles. The summed E-state index contributed by atoms with van der Waals surface area (Å²) in [6.07, 6.45) is 0.720. The van der Waals surface area contributed by atoms with Crippen LogP contribution in [-0.2, 0) is 16.0 Å². The number of halogens is 3. The van der Waals surface area contributed by atoms with E-state index in [0.29, 0.717) is 27.7 Å². The van der Waals surface area contributed by atoms with Gasteiger partial charge in [-0.25, -0.2) is 0 Å². The maximum atomic E-state index is 12.2. The highest BCUT2D eigenvalue weighted by atomic mass is 35.5. The fourth-order valence-corrected chi connectivity index (χ4v) is 3.20. The SMILES string of the molecule is O=C(CCc1ccccc1Cl)NC1C(=O)Nc2c1ccc(Cl)c2Cl. The lowest BCUT2D eigenvalue weighted by Crippen LogP contribution is -2.33. The standard InChI is InChI=1S/C17H13Cl3N2O2/c18-11-4-2-1-3-9(11)5-8-13(23)21-16-10-6-7-12(19)14(20)15(10)22-17(16)24/h1-4,6-7,16H,5,8H2,(H,21,23)(H,22,24). The van der Waals surface area contributed by atoms with Crippen LogP contribution in [-0.4, -0.2) is 11.8 Å². The molecule has 0 aromatic heterocycles. The Balaban J connectivity index is 1.69. The van der Waals surface area contributed by atoms with Gasteiger partial charge in [-0.2, -0.15) is 0 Å². The van der Waals surface area contributed by atoms with E-state index < -0.39 is 6.04 Å². The van der Waals surface area contributed by atoms with Crippen LogP contribution in [0.3, 0.4) is 0 Å². The fraction of sp³-hybridized carbons (Fsp3) is 0.176.